The summed E-state index contributed by atoms with van der Waals surface area (Å²) in [7, 11) is 1.96. The van der Waals surface area contributed by atoms with Crippen LogP contribution in [0.4, 0.5) is 0 Å². The first-order valence-electron chi connectivity index (χ1n) is 10.0. The normalized spacial score (nSPS) is 12.8. The molecule has 30 heavy (non-hydrogen) atoms. The van der Waals surface area contributed by atoms with E-state index >= 15 is 0 Å². The highest BCUT2D eigenvalue weighted by molar-refractivity contribution is 7.09. The van der Waals surface area contributed by atoms with Gasteiger partial charge in [-0.2, -0.15) is 0 Å². The van der Waals surface area contributed by atoms with Gasteiger partial charge in [0.15, 0.2) is 11.8 Å². The monoisotopic (exact) mass is 418 g/mol. The molecule has 0 saturated heterocycles. The number of aliphatic imine (C=N–C) groups is 1. The van der Waals surface area contributed by atoms with E-state index in [-0.39, 0.29) is 6.04 Å². The van der Waals surface area contributed by atoms with Crippen molar-refractivity contribution in [2.24, 2.45) is 12.0 Å². The predicted molar refractivity (Wildman–Crippen MR) is 124 cm³/mol. The van der Waals surface area contributed by atoms with Gasteiger partial charge >= 0.3 is 0 Å². The Morgan fingerprint density at radius 2 is 1.93 bits per heavy atom. The molecule has 0 radical (unpaired) electrons. The minimum atomic E-state index is 0.0897. The average molecular weight is 419 g/mol. The zero-order valence-electron chi connectivity index (χ0n) is 17.5. The molecule has 0 aliphatic rings. The molecule has 154 valence electrons. The Kier molecular flexibility index (Phi) is 6.09. The molecule has 0 saturated carbocycles. The second-order valence-electron chi connectivity index (χ2n) is 7.25. The Hall–Kier alpha value is -3.19. The molecule has 0 aliphatic heterocycles. The molecule has 1 unspecified atom stereocenters. The van der Waals surface area contributed by atoms with Crippen molar-refractivity contribution < 1.29 is 0 Å². The minimum absolute atomic E-state index is 0.0897. The molecule has 0 amide bonds. The molecule has 0 bridgehead atoms. The lowest BCUT2D eigenvalue weighted by atomic mass is 10.00. The molecule has 2 aromatic carbocycles. The number of aryl methyl sites for hydroxylation is 1. The van der Waals surface area contributed by atoms with Crippen molar-refractivity contribution in [2.75, 3.05) is 0 Å². The van der Waals surface area contributed by atoms with Gasteiger partial charge in [0, 0.05) is 11.9 Å². The van der Waals surface area contributed by atoms with Gasteiger partial charge in [-0.25, -0.2) is 4.99 Å². The fourth-order valence-electron chi connectivity index (χ4n) is 3.39. The fraction of sp³-hybridized carbons (Fsp3) is 0.261. The van der Waals surface area contributed by atoms with Crippen LogP contribution in [0.3, 0.4) is 0 Å². The lowest BCUT2D eigenvalue weighted by molar-refractivity contribution is 0.681. The average Bonchev–Trinajstić information content (AvgIpc) is 3.40. The van der Waals surface area contributed by atoms with Crippen LogP contribution in [0.2, 0.25) is 0 Å². The summed E-state index contributed by atoms with van der Waals surface area (Å²) in [5.74, 6) is 2.47. The van der Waals surface area contributed by atoms with E-state index in [0.717, 1.165) is 24.2 Å². The van der Waals surface area contributed by atoms with Gasteiger partial charge in [-0.1, -0.05) is 48.5 Å². The second-order valence-corrected chi connectivity index (χ2v) is 8.29. The Morgan fingerprint density at radius 3 is 2.70 bits per heavy atom. The molecule has 0 spiro atoms. The summed E-state index contributed by atoms with van der Waals surface area (Å²) in [5, 5.41) is 20.0. The smallest absolute Gasteiger partial charge is 0.192 e. The molecule has 4 aromatic rings. The number of rotatable bonds is 6. The first-order chi connectivity index (χ1) is 14.6. The molecule has 2 aromatic heterocycles. The van der Waals surface area contributed by atoms with Crippen molar-refractivity contribution in [1.82, 2.24) is 25.4 Å². The van der Waals surface area contributed by atoms with E-state index in [1.807, 2.05) is 18.5 Å². The van der Waals surface area contributed by atoms with Gasteiger partial charge in [-0.3, -0.25) is 0 Å². The maximum atomic E-state index is 4.79. The quantitative estimate of drug-likeness (QED) is 0.361. The molecule has 6 nitrogen and oxygen atoms in total. The summed E-state index contributed by atoms with van der Waals surface area (Å²) in [4.78, 5) is 6.05. The molecule has 1 atom stereocenters. The van der Waals surface area contributed by atoms with Crippen LogP contribution in [0, 0.1) is 6.92 Å². The van der Waals surface area contributed by atoms with Crippen LogP contribution in [0.25, 0.3) is 10.8 Å². The molecule has 0 fully saturated rings. The van der Waals surface area contributed by atoms with E-state index in [1.165, 1.54) is 21.2 Å². The molecule has 7 heteroatoms. The van der Waals surface area contributed by atoms with Crippen LogP contribution < -0.4 is 10.6 Å². The van der Waals surface area contributed by atoms with Gasteiger partial charge in [0.25, 0.3) is 0 Å². The van der Waals surface area contributed by atoms with Crippen LogP contribution in [-0.2, 0) is 20.1 Å². The minimum Gasteiger partial charge on any atom is -0.351 e. The lowest BCUT2D eigenvalue weighted by Crippen LogP contribution is -2.38. The zero-order chi connectivity index (χ0) is 20.9. The lowest BCUT2D eigenvalue weighted by Gasteiger charge is -2.20. The Bertz CT molecular complexity index is 1140. The number of hydrogen-bond acceptors (Lipinski definition) is 4. The maximum Gasteiger partial charge on any atom is 0.192 e. The summed E-state index contributed by atoms with van der Waals surface area (Å²) in [5.41, 5.74) is 1.24. The Labute approximate surface area is 180 Å². The molecule has 4 rings (SSSR count). The summed E-state index contributed by atoms with van der Waals surface area (Å²) in [6.45, 7) is 5.29. The highest BCUT2D eigenvalue weighted by Crippen LogP contribution is 2.24. The van der Waals surface area contributed by atoms with E-state index in [0.29, 0.717) is 6.54 Å². The number of nitrogens with zero attached hydrogens (tertiary/aromatic N) is 4. The fourth-order valence-corrected chi connectivity index (χ4v) is 4.03. The highest BCUT2D eigenvalue weighted by atomic mass is 32.1. The van der Waals surface area contributed by atoms with Gasteiger partial charge in [-0.05, 0) is 41.6 Å². The summed E-state index contributed by atoms with van der Waals surface area (Å²) in [6, 6.07) is 19.2. The Morgan fingerprint density at radius 1 is 1.10 bits per heavy atom. The number of thiophene rings is 1. The summed E-state index contributed by atoms with van der Waals surface area (Å²) >= 11 is 1.73. The van der Waals surface area contributed by atoms with Crippen molar-refractivity contribution in [3.8, 4) is 0 Å². The third-order valence-corrected chi connectivity index (χ3v) is 6.09. The number of hydrogen-bond donors (Lipinski definition) is 2. The van der Waals surface area contributed by atoms with Crippen molar-refractivity contribution in [3.05, 3.63) is 82.1 Å². The van der Waals surface area contributed by atoms with Crippen molar-refractivity contribution >= 4 is 28.1 Å². The third kappa shape index (κ3) is 4.52. The van der Waals surface area contributed by atoms with Crippen LogP contribution in [-0.4, -0.2) is 20.7 Å². The van der Waals surface area contributed by atoms with Crippen molar-refractivity contribution in [2.45, 2.75) is 33.0 Å². The standard InChI is InChI=1S/C23H26N6S/c1-16(20-12-6-9-18-8-4-5-11-21(18)20)26-23(24-14-19-10-7-13-30-19)25-15-22-28-27-17(2)29(22)3/h4-13,16H,14-15H2,1-3H3,(H2,24,25,26). The van der Waals surface area contributed by atoms with E-state index in [9.17, 15) is 0 Å². The molecule has 2 N–H and O–H groups in total. The van der Waals surface area contributed by atoms with Crippen LogP contribution in [0.5, 0.6) is 0 Å². The van der Waals surface area contributed by atoms with Crippen LogP contribution in [0.15, 0.2) is 65.0 Å². The first kappa shape index (κ1) is 20.1. The number of nitrogens with one attached hydrogen (secondary N) is 2. The van der Waals surface area contributed by atoms with Crippen LogP contribution >= 0.6 is 11.3 Å². The predicted octanol–water partition coefficient (Wildman–Crippen LogP) is 4.33. The number of guanidine groups is 1. The SMILES string of the molecule is Cc1nnc(CN=C(NCc2cccs2)NC(C)c2cccc3ccccc23)n1C. The topological polar surface area (TPSA) is 67.1 Å². The van der Waals surface area contributed by atoms with E-state index in [2.05, 4.69) is 87.7 Å². The number of fused-ring (bicyclic) bond motifs is 1. The van der Waals surface area contributed by atoms with E-state index in [4.69, 9.17) is 4.99 Å². The van der Waals surface area contributed by atoms with Gasteiger partial charge in [0.05, 0.1) is 12.6 Å². The van der Waals surface area contributed by atoms with E-state index < -0.39 is 0 Å². The number of benzene rings is 2. The molecule has 2 heterocycles. The maximum absolute atomic E-state index is 4.79. The largest absolute Gasteiger partial charge is 0.351 e. The van der Waals surface area contributed by atoms with Gasteiger partial charge in [-0.15, -0.1) is 21.5 Å². The van der Waals surface area contributed by atoms with Crippen LogP contribution in [0.1, 0.15) is 35.1 Å². The van der Waals surface area contributed by atoms with Gasteiger partial charge < -0.3 is 15.2 Å². The third-order valence-electron chi connectivity index (χ3n) is 5.21. The molecular formula is C23H26N6S. The number of aromatic nitrogens is 3. The summed E-state index contributed by atoms with van der Waals surface area (Å²) in [6.07, 6.45) is 0. The summed E-state index contributed by atoms with van der Waals surface area (Å²) < 4.78 is 1.97. The van der Waals surface area contributed by atoms with Crippen molar-refractivity contribution in [1.29, 1.82) is 0 Å². The Balaban J connectivity index is 1.56. The van der Waals surface area contributed by atoms with Gasteiger partial charge in [0.1, 0.15) is 12.4 Å². The molecule has 0 aliphatic carbocycles. The zero-order valence-corrected chi connectivity index (χ0v) is 18.3. The van der Waals surface area contributed by atoms with Gasteiger partial charge in [0.2, 0.25) is 0 Å². The highest BCUT2D eigenvalue weighted by Gasteiger charge is 2.12. The first-order valence-corrected chi connectivity index (χ1v) is 10.9. The molecular weight excluding hydrogens is 392 g/mol. The van der Waals surface area contributed by atoms with E-state index in [1.54, 1.807) is 11.3 Å². The van der Waals surface area contributed by atoms with Crippen molar-refractivity contribution in [3.63, 3.8) is 0 Å². The second kappa shape index (κ2) is 9.09.